The van der Waals surface area contributed by atoms with Crippen LogP contribution in [0.2, 0.25) is 5.02 Å². The molecule has 0 fully saturated rings. The van der Waals surface area contributed by atoms with E-state index in [-0.39, 0.29) is 17.4 Å². The highest BCUT2D eigenvalue weighted by atomic mass is 35.5. The Kier molecular flexibility index (Phi) is 6.65. The minimum Gasteiger partial charge on any atom is -0.494 e. The van der Waals surface area contributed by atoms with Crippen LogP contribution in [0, 0.1) is 0 Å². The van der Waals surface area contributed by atoms with E-state index in [1.165, 1.54) is 11.8 Å². The van der Waals surface area contributed by atoms with Gasteiger partial charge in [0.05, 0.1) is 22.8 Å². The molecule has 5 nitrogen and oxygen atoms in total. The van der Waals surface area contributed by atoms with Gasteiger partial charge >= 0.3 is 0 Å². The molecule has 3 rings (SSSR count). The van der Waals surface area contributed by atoms with Crippen molar-refractivity contribution >= 4 is 40.0 Å². The molecule has 3 aromatic rings. The average Bonchev–Trinajstić information content (AvgIpc) is 2.67. The van der Waals surface area contributed by atoms with Crippen molar-refractivity contribution in [2.24, 2.45) is 0 Å². The number of fused-ring (bicyclic) bond motifs is 1. The summed E-state index contributed by atoms with van der Waals surface area (Å²) in [5.74, 6) is 0.694. The van der Waals surface area contributed by atoms with Gasteiger partial charge in [0, 0.05) is 16.6 Å². The highest BCUT2D eigenvalue weighted by Gasteiger charge is 2.22. The summed E-state index contributed by atoms with van der Waals surface area (Å²) < 4.78 is 7.05. The molecule has 1 aromatic heterocycles. The molecule has 1 atom stereocenters. The summed E-state index contributed by atoms with van der Waals surface area (Å²) >= 11 is 7.36. The molecule has 0 saturated carbocycles. The van der Waals surface area contributed by atoms with Gasteiger partial charge in [0.15, 0.2) is 10.9 Å². The molecule has 0 aliphatic rings. The van der Waals surface area contributed by atoms with Gasteiger partial charge in [-0.2, -0.15) is 0 Å². The first-order valence-electron chi connectivity index (χ1n) is 9.47. The summed E-state index contributed by atoms with van der Waals surface area (Å²) in [6.07, 6.45) is 0. The van der Waals surface area contributed by atoms with Gasteiger partial charge in [0.25, 0.3) is 5.56 Å². The molecule has 0 spiro atoms. The lowest BCUT2D eigenvalue weighted by Gasteiger charge is -2.18. The number of nitrogens with zero attached hydrogens (tertiary/aromatic N) is 2. The van der Waals surface area contributed by atoms with Crippen molar-refractivity contribution in [1.29, 1.82) is 0 Å². The van der Waals surface area contributed by atoms with Crippen LogP contribution >= 0.6 is 23.4 Å². The van der Waals surface area contributed by atoms with Gasteiger partial charge in [0.1, 0.15) is 5.75 Å². The van der Waals surface area contributed by atoms with E-state index in [0.29, 0.717) is 33.3 Å². The second-order valence-corrected chi connectivity index (χ2v) is 8.65. The Morgan fingerprint density at radius 2 is 1.86 bits per heavy atom. The number of Topliss-reactive ketones (excluding diaryl/α,β-unsaturated/α-hetero) is 1. The molecule has 0 aliphatic heterocycles. The summed E-state index contributed by atoms with van der Waals surface area (Å²) in [6, 6.07) is 12.0. The average molecular weight is 431 g/mol. The highest BCUT2D eigenvalue weighted by molar-refractivity contribution is 8.00. The molecule has 29 heavy (non-hydrogen) atoms. The Hall–Kier alpha value is -2.31. The van der Waals surface area contributed by atoms with Crippen LogP contribution in [0.3, 0.4) is 0 Å². The van der Waals surface area contributed by atoms with Gasteiger partial charge in [-0.1, -0.05) is 23.4 Å². The Morgan fingerprint density at radius 3 is 2.48 bits per heavy atom. The number of aromatic nitrogens is 2. The number of carbonyl (C=O) groups excluding carboxylic acids is 1. The van der Waals surface area contributed by atoms with E-state index in [4.69, 9.17) is 16.3 Å². The third-order valence-electron chi connectivity index (χ3n) is 4.45. The number of halogens is 1. The molecule has 0 saturated heterocycles. The molecule has 7 heteroatoms. The molecule has 0 radical (unpaired) electrons. The summed E-state index contributed by atoms with van der Waals surface area (Å²) in [7, 11) is 0. The Balaban J connectivity index is 1.94. The monoisotopic (exact) mass is 430 g/mol. The summed E-state index contributed by atoms with van der Waals surface area (Å²) in [5.41, 5.74) is 0.989. The molecule has 0 amide bonds. The van der Waals surface area contributed by atoms with E-state index in [1.54, 1.807) is 47.0 Å². The fourth-order valence-corrected chi connectivity index (χ4v) is 4.30. The van der Waals surface area contributed by atoms with Crippen molar-refractivity contribution in [2.45, 2.75) is 44.1 Å². The second-order valence-electron chi connectivity index (χ2n) is 6.91. The third-order valence-corrected chi connectivity index (χ3v) is 5.75. The van der Waals surface area contributed by atoms with Crippen molar-refractivity contribution in [3.05, 3.63) is 63.4 Å². The number of ether oxygens (including phenoxy) is 1. The highest BCUT2D eigenvalue weighted by Crippen LogP contribution is 2.28. The van der Waals surface area contributed by atoms with Gasteiger partial charge < -0.3 is 4.74 Å². The standard InChI is InChI=1S/C22H23ClN2O3S/c1-5-28-17-9-6-15(7-10-17)20(26)14(4)29-22-24-19-12-16(23)8-11-18(19)21(27)25(22)13(2)3/h6-14H,5H2,1-4H3. The maximum atomic E-state index is 13.0. The van der Waals surface area contributed by atoms with Crippen molar-refractivity contribution in [2.75, 3.05) is 6.61 Å². The molecule has 0 aliphatic carbocycles. The van der Waals surface area contributed by atoms with Crippen LogP contribution in [0.15, 0.2) is 52.4 Å². The van der Waals surface area contributed by atoms with Crippen molar-refractivity contribution < 1.29 is 9.53 Å². The summed E-state index contributed by atoms with van der Waals surface area (Å²) in [6.45, 7) is 8.16. The van der Waals surface area contributed by atoms with Gasteiger partial charge in [-0.05, 0) is 70.2 Å². The lowest BCUT2D eigenvalue weighted by atomic mass is 10.1. The van der Waals surface area contributed by atoms with Crippen LogP contribution < -0.4 is 10.3 Å². The lowest BCUT2D eigenvalue weighted by molar-refractivity contribution is 0.0993. The molecular formula is C22H23ClN2O3S. The number of carbonyl (C=O) groups is 1. The Bertz CT molecular complexity index is 1090. The molecule has 1 unspecified atom stereocenters. The van der Waals surface area contributed by atoms with Crippen LogP contribution in [0.25, 0.3) is 10.9 Å². The molecule has 1 heterocycles. The first kappa shape index (κ1) is 21.4. The zero-order chi connectivity index (χ0) is 21.1. The maximum absolute atomic E-state index is 13.0. The third kappa shape index (κ3) is 4.65. The van der Waals surface area contributed by atoms with Gasteiger partial charge in [-0.25, -0.2) is 4.98 Å². The topological polar surface area (TPSA) is 61.2 Å². The number of hydrogen-bond acceptors (Lipinski definition) is 5. The fraction of sp³-hybridized carbons (Fsp3) is 0.318. The first-order valence-corrected chi connectivity index (χ1v) is 10.7. The largest absolute Gasteiger partial charge is 0.494 e. The zero-order valence-corrected chi connectivity index (χ0v) is 18.4. The Morgan fingerprint density at radius 1 is 1.17 bits per heavy atom. The van der Waals surface area contributed by atoms with E-state index >= 15 is 0 Å². The van der Waals surface area contributed by atoms with E-state index in [1.807, 2.05) is 27.7 Å². The number of rotatable bonds is 7. The van der Waals surface area contributed by atoms with Crippen molar-refractivity contribution in [3.8, 4) is 5.75 Å². The van der Waals surface area contributed by atoms with Crippen molar-refractivity contribution in [3.63, 3.8) is 0 Å². The van der Waals surface area contributed by atoms with Gasteiger partial charge in [0.2, 0.25) is 0 Å². The van der Waals surface area contributed by atoms with Crippen LogP contribution in [0.1, 0.15) is 44.1 Å². The van der Waals surface area contributed by atoms with Crippen LogP contribution in [-0.4, -0.2) is 27.2 Å². The summed E-state index contributed by atoms with van der Waals surface area (Å²) in [5, 5.41) is 1.12. The minimum atomic E-state index is -0.415. The predicted molar refractivity (Wildman–Crippen MR) is 119 cm³/mol. The number of hydrogen-bond donors (Lipinski definition) is 0. The van der Waals surface area contributed by atoms with E-state index in [2.05, 4.69) is 4.98 Å². The minimum absolute atomic E-state index is 0.0335. The Labute approximate surface area is 179 Å². The molecule has 0 N–H and O–H groups in total. The maximum Gasteiger partial charge on any atom is 0.262 e. The van der Waals surface area contributed by atoms with Gasteiger partial charge in [-0.15, -0.1) is 0 Å². The van der Waals surface area contributed by atoms with Crippen LogP contribution in [0.4, 0.5) is 0 Å². The summed E-state index contributed by atoms with van der Waals surface area (Å²) in [4.78, 5) is 30.5. The molecule has 2 aromatic carbocycles. The SMILES string of the molecule is CCOc1ccc(C(=O)C(C)Sc2nc3cc(Cl)ccc3c(=O)n2C(C)C)cc1. The fourth-order valence-electron chi connectivity index (χ4n) is 3.02. The van der Waals surface area contributed by atoms with Crippen LogP contribution in [-0.2, 0) is 0 Å². The van der Waals surface area contributed by atoms with Crippen molar-refractivity contribution in [1.82, 2.24) is 9.55 Å². The smallest absolute Gasteiger partial charge is 0.262 e. The number of ketones is 1. The molecule has 152 valence electrons. The van der Waals surface area contributed by atoms with E-state index < -0.39 is 5.25 Å². The van der Waals surface area contributed by atoms with Gasteiger partial charge in [-0.3, -0.25) is 14.2 Å². The van der Waals surface area contributed by atoms with E-state index in [9.17, 15) is 9.59 Å². The number of benzene rings is 2. The lowest BCUT2D eigenvalue weighted by Crippen LogP contribution is -2.26. The quantitative estimate of drug-likeness (QED) is 0.285. The molecule has 0 bridgehead atoms. The van der Waals surface area contributed by atoms with E-state index in [0.717, 1.165) is 5.75 Å². The first-order chi connectivity index (χ1) is 13.8. The van der Waals surface area contributed by atoms with Crippen LogP contribution in [0.5, 0.6) is 5.75 Å². The molecular weight excluding hydrogens is 408 g/mol. The zero-order valence-electron chi connectivity index (χ0n) is 16.8. The second kappa shape index (κ2) is 9.01. The normalized spacial score (nSPS) is 12.3. The predicted octanol–water partition coefficient (Wildman–Crippen LogP) is 5.39. The number of thioether (sulfide) groups is 1.